The Hall–Kier alpha value is -2.95. The molecule has 1 unspecified atom stereocenters. The van der Waals surface area contributed by atoms with Crippen molar-refractivity contribution < 1.29 is 14.4 Å². The Labute approximate surface area is 140 Å². The minimum absolute atomic E-state index is 0.114. The van der Waals surface area contributed by atoms with E-state index in [0.29, 0.717) is 16.8 Å². The minimum atomic E-state index is -1.36. The molecule has 0 bridgehead atoms. The fourth-order valence-electron chi connectivity index (χ4n) is 3.24. The van der Waals surface area contributed by atoms with Crippen LogP contribution in [0, 0.1) is 0 Å². The maximum atomic E-state index is 12.9. The molecule has 1 aliphatic rings. The lowest BCUT2D eigenvalue weighted by atomic mass is 9.84. The molecule has 2 amide bonds. The van der Waals surface area contributed by atoms with Crippen molar-refractivity contribution in [1.29, 1.82) is 0 Å². The van der Waals surface area contributed by atoms with Crippen LogP contribution in [0.2, 0.25) is 0 Å². The second-order valence-corrected chi connectivity index (χ2v) is 5.93. The lowest BCUT2D eigenvalue weighted by molar-refractivity contribution is -0.130. The summed E-state index contributed by atoms with van der Waals surface area (Å²) in [5.41, 5.74) is 0.514. The van der Waals surface area contributed by atoms with E-state index in [1.54, 1.807) is 43.4 Å². The molecule has 1 N–H and O–H groups in total. The number of ketones is 1. The van der Waals surface area contributed by atoms with Crippen molar-refractivity contribution in [1.82, 2.24) is 5.32 Å². The Morgan fingerprint density at radius 1 is 1.04 bits per heavy atom. The Kier molecular flexibility index (Phi) is 3.93. The number of carbonyl (C=O) groups is 3. The summed E-state index contributed by atoms with van der Waals surface area (Å²) in [5.74, 6) is -0.847. The van der Waals surface area contributed by atoms with Crippen LogP contribution in [0.15, 0.2) is 54.6 Å². The first-order chi connectivity index (χ1) is 11.5. The third kappa shape index (κ3) is 2.48. The zero-order valence-electron chi connectivity index (χ0n) is 13.6. The number of carbonyl (C=O) groups excluding carboxylic acids is 3. The molecule has 0 radical (unpaired) electrons. The largest absolute Gasteiger partial charge is 0.338 e. The first-order valence-corrected chi connectivity index (χ1v) is 7.70. The van der Waals surface area contributed by atoms with Crippen LogP contribution in [0.4, 0.5) is 5.69 Å². The van der Waals surface area contributed by atoms with E-state index >= 15 is 0 Å². The van der Waals surface area contributed by atoms with Gasteiger partial charge in [-0.1, -0.05) is 48.5 Å². The number of nitrogens with one attached hydrogen (secondary N) is 1. The number of hydrogen-bond donors (Lipinski definition) is 1. The van der Waals surface area contributed by atoms with E-state index in [2.05, 4.69) is 5.32 Å². The summed E-state index contributed by atoms with van der Waals surface area (Å²) in [7, 11) is 1.65. The number of amides is 2. The molecule has 1 atom stereocenters. The molecule has 5 nitrogen and oxygen atoms in total. The number of rotatable bonds is 4. The third-order valence-electron chi connectivity index (χ3n) is 4.31. The summed E-state index contributed by atoms with van der Waals surface area (Å²) in [6, 6.07) is 16.0. The highest BCUT2D eigenvalue weighted by Gasteiger charge is 2.51. The summed E-state index contributed by atoms with van der Waals surface area (Å²) in [5, 5.41) is 2.74. The van der Waals surface area contributed by atoms with E-state index < -0.39 is 5.54 Å². The molecule has 0 saturated heterocycles. The number of benzene rings is 2. The van der Waals surface area contributed by atoms with Crippen molar-refractivity contribution in [3.05, 3.63) is 65.7 Å². The van der Waals surface area contributed by atoms with Gasteiger partial charge in [0, 0.05) is 37.2 Å². The number of likely N-dealkylation sites (N-methyl/N-ethyl adjacent to an activating group) is 1. The summed E-state index contributed by atoms with van der Waals surface area (Å²) in [6.45, 7) is 1.35. The second-order valence-electron chi connectivity index (χ2n) is 5.93. The van der Waals surface area contributed by atoms with Crippen molar-refractivity contribution in [3.8, 4) is 0 Å². The molecule has 1 aliphatic heterocycles. The highest BCUT2D eigenvalue weighted by Crippen LogP contribution is 2.42. The fourth-order valence-corrected chi connectivity index (χ4v) is 3.24. The normalized spacial score (nSPS) is 19.1. The lowest BCUT2D eigenvalue weighted by Gasteiger charge is -2.28. The van der Waals surface area contributed by atoms with Gasteiger partial charge in [-0.25, -0.2) is 0 Å². The van der Waals surface area contributed by atoms with Crippen LogP contribution in [-0.4, -0.2) is 24.6 Å². The fraction of sp³-hybridized carbons (Fsp3) is 0.211. The van der Waals surface area contributed by atoms with E-state index in [1.807, 2.05) is 18.2 Å². The highest BCUT2D eigenvalue weighted by atomic mass is 16.2. The maximum absolute atomic E-state index is 12.9. The summed E-state index contributed by atoms with van der Waals surface area (Å²) in [6.07, 6.45) is -0.114. The van der Waals surface area contributed by atoms with Crippen LogP contribution in [-0.2, 0) is 15.1 Å². The van der Waals surface area contributed by atoms with Gasteiger partial charge in [0.15, 0.2) is 11.3 Å². The maximum Gasteiger partial charge on any atom is 0.257 e. The first-order valence-electron chi connectivity index (χ1n) is 7.70. The van der Waals surface area contributed by atoms with Crippen molar-refractivity contribution >= 4 is 23.3 Å². The van der Waals surface area contributed by atoms with Crippen molar-refractivity contribution in [2.75, 3.05) is 11.9 Å². The quantitative estimate of drug-likeness (QED) is 0.878. The van der Waals surface area contributed by atoms with Crippen molar-refractivity contribution in [2.45, 2.75) is 18.9 Å². The molecular weight excluding hydrogens is 304 g/mol. The number of fused-ring (bicyclic) bond motifs is 1. The number of Topliss-reactive ketones (excluding diaryl/α,β-unsaturated/α-hetero) is 1. The van der Waals surface area contributed by atoms with Crippen molar-refractivity contribution in [2.24, 2.45) is 0 Å². The van der Waals surface area contributed by atoms with Crippen molar-refractivity contribution in [3.63, 3.8) is 0 Å². The molecule has 122 valence electrons. The molecule has 2 aromatic rings. The Bertz CT molecular complexity index is 816. The Balaban J connectivity index is 2.08. The molecule has 0 saturated carbocycles. The van der Waals surface area contributed by atoms with Gasteiger partial charge in [0.1, 0.15) is 0 Å². The van der Waals surface area contributed by atoms with Crippen LogP contribution in [0.5, 0.6) is 0 Å². The molecule has 5 heteroatoms. The molecule has 0 aliphatic carbocycles. The molecule has 0 spiro atoms. The van der Waals surface area contributed by atoms with Crippen LogP contribution < -0.4 is 10.2 Å². The monoisotopic (exact) mass is 322 g/mol. The average molecular weight is 322 g/mol. The average Bonchev–Trinajstić information content (AvgIpc) is 2.78. The smallest absolute Gasteiger partial charge is 0.257 e. The van der Waals surface area contributed by atoms with Crippen LogP contribution in [0.1, 0.15) is 29.3 Å². The van der Waals surface area contributed by atoms with Gasteiger partial charge in [0.05, 0.1) is 0 Å². The molecule has 2 aromatic carbocycles. The number of anilines is 1. The molecule has 0 fully saturated rings. The van der Waals surface area contributed by atoms with Gasteiger partial charge in [-0.3, -0.25) is 14.4 Å². The lowest BCUT2D eigenvalue weighted by Crippen LogP contribution is -2.53. The van der Waals surface area contributed by atoms with E-state index in [9.17, 15) is 14.4 Å². The minimum Gasteiger partial charge on any atom is -0.338 e. The van der Waals surface area contributed by atoms with Gasteiger partial charge < -0.3 is 10.2 Å². The zero-order chi connectivity index (χ0) is 17.3. The molecule has 24 heavy (non-hydrogen) atoms. The topological polar surface area (TPSA) is 66.5 Å². The highest BCUT2D eigenvalue weighted by molar-refractivity contribution is 6.12. The van der Waals surface area contributed by atoms with Gasteiger partial charge in [-0.15, -0.1) is 0 Å². The van der Waals surface area contributed by atoms with Gasteiger partial charge in [0.25, 0.3) is 5.91 Å². The van der Waals surface area contributed by atoms with Crippen LogP contribution in [0.25, 0.3) is 0 Å². The van der Waals surface area contributed by atoms with Gasteiger partial charge in [0.2, 0.25) is 5.91 Å². The molecule has 1 heterocycles. The van der Waals surface area contributed by atoms with Gasteiger partial charge in [-0.05, 0) is 6.07 Å². The van der Waals surface area contributed by atoms with Gasteiger partial charge >= 0.3 is 0 Å². The summed E-state index contributed by atoms with van der Waals surface area (Å²) in [4.78, 5) is 39.0. The number of nitrogens with zero attached hydrogens (tertiary/aromatic N) is 1. The SMILES string of the molecule is CC(=O)NC1(CC(=O)c2ccccc2)C(=O)N(C)c2ccccc21. The zero-order valence-corrected chi connectivity index (χ0v) is 13.6. The van der Waals surface area contributed by atoms with E-state index in [0.717, 1.165) is 0 Å². The molecular formula is C19H18N2O3. The molecule has 0 aromatic heterocycles. The van der Waals surface area contributed by atoms with E-state index in [1.165, 1.54) is 11.8 Å². The Morgan fingerprint density at radius 3 is 2.33 bits per heavy atom. The Morgan fingerprint density at radius 2 is 1.67 bits per heavy atom. The third-order valence-corrected chi connectivity index (χ3v) is 4.31. The van der Waals surface area contributed by atoms with E-state index in [4.69, 9.17) is 0 Å². The summed E-state index contributed by atoms with van der Waals surface area (Å²) < 4.78 is 0. The summed E-state index contributed by atoms with van der Waals surface area (Å²) >= 11 is 0. The standard InChI is InChI=1S/C19H18N2O3/c1-13(22)20-19(12-17(23)14-8-4-3-5-9-14)15-10-6-7-11-16(15)21(2)18(19)24/h3-11H,12H2,1-2H3,(H,20,22). The van der Waals surface area contributed by atoms with E-state index in [-0.39, 0.29) is 24.0 Å². The van der Waals surface area contributed by atoms with Crippen LogP contribution in [0.3, 0.4) is 0 Å². The molecule has 3 rings (SSSR count). The number of para-hydroxylation sites is 1. The van der Waals surface area contributed by atoms with Crippen LogP contribution >= 0.6 is 0 Å². The second kappa shape index (κ2) is 5.92. The number of hydrogen-bond acceptors (Lipinski definition) is 3. The predicted molar refractivity (Wildman–Crippen MR) is 90.7 cm³/mol. The van der Waals surface area contributed by atoms with Gasteiger partial charge in [-0.2, -0.15) is 0 Å². The first kappa shape index (κ1) is 15.9. The predicted octanol–water partition coefficient (Wildman–Crippen LogP) is 2.27.